The number of aliphatic hydroxyl groups is 1. The van der Waals surface area contributed by atoms with Crippen LogP contribution in [0.2, 0.25) is 0 Å². The summed E-state index contributed by atoms with van der Waals surface area (Å²) in [7, 11) is 0. The van der Waals surface area contributed by atoms with Crippen LogP contribution in [0.1, 0.15) is 20.3 Å². The molecule has 1 aromatic heterocycles. The molecule has 1 aromatic carbocycles. The van der Waals surface area contributed by atoms with Crippen LogP contribution in [0, 0.1) is 0 Å². The molecular formula is C12H16N2O. The van der Waals surface area contributed by atoms with Crippen LogP contribution in [0.15, 0.2) is 30.6 Å². The van der Waals surface area contributed by atoms with E-state index in [0.29, 0.717) is 6.54 Å². The van der Waals surface area contributed by atoms with Crippen LogP contribution in [0.4, 0.5) is 0 Å². The minimum absolute atomic E-state index is 0.587. The Morgan fingerprint density at radius 2 is 2.13 bits per heavy atom. The minimum Gasteiger partial charge on any atom is -0.388 e. The Labute approximate surface area is 89.4 Å². The van der Waals surface area contributed by atoms with Crippen molar-refractivity contribution in [2.24, 2.45) is 0 Å². The Bertz CT molecular complexity index is 459. The molecule has 3 heteroatoms. The Kier molecular flexibility index (Phi) is 2.49. The number of rotatable bonds is 3. The third kappa shape index (κ3) is 2.02. The van der Waals surface area contributed by atoms with Gasteiger partial charge in [0.1, 0.15) is 0 Å². The lowest BCUT2D eigenvalue weighted by atomic mass is 10.0. The zero-order valence-electron chi connectivity index (χ0n) is 9.14. The summed E-state index contributed by atoms with van der Waals surface area (Å²) >= 11 is 0. The van der Waals surface area contributed by atoms with Gasteiger partial charge in [0.2, 0.25) is 0 Å². The molecule has 15 heavy (non-hydrogen) atoms. The van der Waals surface area contributed by atoms with Gasteiger partial charge in [0.05, 0.1) is 29.5 Å². The summed E-state index contributed by atoms with van der Waals surface area (Å²) in [6.45, 7) is 4.42. The summed E-state index contributed by atoms with van der Waals surface area (Å²) in [5.41, 5.74) is 1.39. The van der Waals surface area contributed by atoms with Gasteiger partial charge in [-0.05, 0) is 25.5 Å². The number of imidazole rings is 1. The van der Waals surface area contributed by atoms with Gasteiger partial charge in [-0.3, -0.25) is 0 Å². The van der Waals surface area contributed by atoms with Crippen molar-refractivity contribution in [3.8, 4) is 0 Å². The van der Waals surface area contributed by atoms with Crippen molar-refractivity contribution in [1.82, 2.24) is 9.55 Å². The predicted molar refractivity (Wildman–Crippen MR) is 60.6 cm³/mol. The lowest BCUT2D eigenvalue weighted by molar-refractivity contribution is 0.0390. The first-order valence-electron chi connectivity index (χ1n) is 5.25. The number of fused-ring (bicyclic) bond motifs is 1. The first-order valence-corrected chi connectivity index (χ1v) is 5.25. The average Bonchev–Trinajstić information content (AvgIpc) is 2.62. The van der Waals surface area contributed by atoms with E-state index in [-0.39, 0.29) is 0 Å². The number of para-hydroxylation sites is 2. The van der Waals surface area contributed by atoms with Gasteiger partial charge in [0.25, 0.3) is 0 Å². The summed E-state index contributed by atoms with van der Waals surface area (Å²) in [6.07, 6.45) is 2.52. The van der Waals surface area contributed by atoms with Crippen LogP contribution < -0.4 is 0 Å². The maximum atomic E-state index is 10.0. The average molecular weight is 204 g/mol. The standard InChI is InChI=1S/C12H16N2O/c1-3-12(2,15)8-14-9-13-10-6-4-5-7-11(10)14/h4-7,9,15H,3,8H2,1-2H3. The Hall–Kier alpha value is -1.35. The van der Waals surface area contributed by atoms with E-state index in [9.17, 15) is 5.11 Å². The molecule has 0 radical (unpaired) electrons. The highest BCUT2D eigenvalue weighted by atomic mass is 16.3. The summed E-state index contributed by atoms with van der Waals surface area (Å²) in [5.74, 6) is 0. The molecule has 3 nitrogen and oxygen atoms in total. The quantitative estimate of drug-likeness (QED) is 0.832. The van der Waals surface area contributed by atoms with E-state index in [1.807, 2.05) is 42.7 Å². The summed E-state index contributed by atoms with van der Waals surface area (Å²) in [6, 6.07) is 7.96. The highest BCUT2D eigenvalue weighted by Gasteiger charge is 2.18. The fraction of sp³-hybridized carbons (Fsp3) is 0.417. The van der Waals surface area contributed by atoms with Gasteiger partial charge >= 0.3 is 0 Å². The number of benzene rings is 1. The van der Waals surface area contributed by atoms with Gasteiger partial charge in [-0.25, -0.2) is 4.98 Å². The lowest BCUT2D eigenvalue weighted by Crippen LogP contribution is -2.28. The van der Waals surface area contributed by atoms with Gasteiger partial charge in [0.15, 0.2) is 0 Å². The van der Waals surface area contributed by atoms with Crippen molar-refractivity contribution in [1.29, 1.82) is 0 Å². The fourth-order valence-electron chi connectivity index (χ4n) is 1.62. The summed E-state index contributed by atoms with van der Waals surface area (Å²) in [4.78, 5) is 4.29. The van der Waals surface area contributed by atoms with Crippen LogP contribution >= 0.6 is 0 Å². The normalized spacial score (nSPS) is 15.4. The van der Waals surface area contributed by atoms with Gasteiger partial charge < -0.3 is 9.67 Å². The molecule has 0 spiro atoms. The molecule has 0 saturated carbocycles. The first kappa shape index (κ1) is 10.2. The van der Waals surface area contributed by atoms with E-state index in [0.717, 1.165) is 17.5 Å². The van der Waals surface area contributed by atoms with Gasteiger partial charge in [-0.15, -0.1) is 0 Å². The van der Waals surface area contributed by atoms with Crippen molar-refractivity contribution in [3.63, 3.8) is 0 Å². The Balaban J connectivity index is 2.37. The Morgan fingerprint density at radius 3 is 2.87 bits per heavy atom. The number of aromatic nitrogens is 2. The zero-order chi connectivity index (χ0) is 10.9. The molecule has 0 fully saturated rings. The molecule has 0 aliphatic heterocycles. The molecule has 1 N–H and O–H groups in total. The molecule has 0 aliphatic carbocycles. The topological polar surface area (TPSA) is 38.0 Å². The number of hydrogen-bond acceptors (Lipinski definition) is 2. The maximum Gasteiger partial charge on any atom is 0.0959 e. The molecule has 0 bridgehead atoms. The SMILES string of the molecule is CCC(C)(O)Cn1cnc2ccccc21. The third-order valence-electron chi connectivity index (χ3n) is 2.80. The second-order valence-electron chi connectivity index (χ2n) is 4.21. The summed E-state index contributed by atoms with van der Waals surface area (Å²) < 4.78 is 2.00. The maximum absolute atomic E-state index is 10.0. The van der Waals surface area contributed by atoms with Crippen molar-refractivity contribution >= 4 is 11.0 Å². The fourth-order valence-corrected chi connectivity index (χ4v) is 1.62. The molecule has 1 unspecified atom stereocenters. The monoisotopic (exact) mass is 204 g/mol. The zero-order valence-corrected chi connectivity index (χ0v) is 9.14. The van der Waals surface area contributed by atoms with Gasteiger partial charge in [-0.2, -0.15) is 0 Å². The molecule has 2 rings (SSSR count). The molecule has 1 heterocycles. The van der Waals surface area contributed by atoms with Gasteiger partial charge in [-0.1, -0.05) is 19.1 Å². The van der Waals surface area contributed by atoms with Crippen molar-refractivity contribution in [2.75, 3.05) is 0 Å². The van der Waals surface area contributed by atoms with Crippen LogP contribution in [-0.2, 0) is 6.54 Å². The van der Waals surface area contributed by atoms with Crippen LogP contribution in [-0.4, -0.2) is 20.3 Å². The Morgan fingerprint density at radius 1 is 1.40 bits per heavy atom. The van der Waals surface area contributed by atoms with Crippen LogP contribution in [0.5, 0.6) is 0 Å². The highest BCUT2D eigenvalue weighted by Crippen LogP contribution is 2.17. The lowest BCUT2D eigenvalue weighted by Gasteiger charge is -2.21. The van der Waals surface area contributed by atoms with Crippen LogP contribution in [0.25, 0.3) is 11.0 Å². The second kappa shape index (κ2) is 3.66. The van der Waals surface area contributed by atoms with E-state index >= 15 is 0 Å². The smallest absolute Gasteiger partial charge is 0.0959 e. The molecule has 2 aromatic rings. The molecule has 1 atom stereocenters. The highest BCUT2D eigenvalue weighted by molar-refractivity contribution is 5.74. The van der Waals surface area contributed by atoms with E-state index in [2.05, 4.69) is 4.98 Å². The van der Waals surface area contributed by atoms with E-state index in [4.69, 9.17) is 0 Å². The minimum atomic E-state index is -0.663. The third-order valence-corrected chi connectivity index (χ3v) is 2.80. The number of nitrogens with zero attached hydrogens (tertiary/aromatic N) is 2. The molecule has 80 valence electrons. The van der Waals surface area contributed by atoms with Gasteiger partial charge in [0, 0.05) is 0 Å². The first-order chi connectivity index (χ1) is 7.12. The molecule has 0 aliphatic rings. The van der Waals surface area contributed by atoms with Crippen molar-refractivity contribution < 1.29 is 5.11 Å². The second-order valence-corrected chi connectivity index (χ2v) is 4.21. The van der Waals surface area contributed by atoms with Crippen LogP contribution in [0.3, 0.4) is 0 Å². The number of hydrogen-bond donors (Lipinski definition) is 1. The van der Waals surface area contributed by atoms with E-state index in [1.54, 1.807) is 6.33 Å². The van der Waals surface area contributed by atoms with E-state index < -0.39 is 5.60 Å². The van der Waals surface area contributed by atoms with E-state index in [1.165, 1.54) is 0 Å². The van der Waals surface area contributed by atoms with Crippen molar-refractivity contribution in [3.05, 3.63) is 30.6 Å². The molecule has 0 amide bonds. The molecule has 0 saturated heterocycles. The largest absolute Gasteiger partial charge is 0.388 e. The molecular weight excluding hydrogens is 188 g/mol. The predicted octanol–water partition coefficient (Wildman–Crippen LogP) is 2.20. The summed E-state index contributed by atoms with van der Waals surface area (Å²) in [5, 5.41) is 10.0. The van der Waals surface area contributed by atoms with Crippen molar-refractivity contribution in [2.45, 2.75) is 32.4 Å².